The summed E-state index contributed by atoms with van der Waals surface area (Å²) in [5, 5.41) is 5.45. The number of fused-ring (bicyclic) bond motifs is 1. The van der Waals surface area contributed by atoms with Crippen molar-refractivity contribution in [3.05, 3.63) is 42.9 Å². The molecule has 0 N–H and O–H groups in total. The molecule has 5 heteroatoms. The first-order valence-corrected chi connectivity index (χ1v) is 7.12. The summed E-state index contributed by atoms with van der Waals surface area (Å²) in [4.78, 5) is 11.0. The molecule has 3 aromatic rings. The SMILES string of the molecule is CC(C)CN(C)c1ncnc2c1cnn2-c1ccccc1. The number of hydrogen-bond donors (Lipinski definition) is 0. The summed E-state index contributed by atoms with van der Waals surface area (Å²) in [6.45, 7) is 5.34. The van der Waals surface area contributed by atoms with E-state index in [0.717, 1.165) is 29.1 Å². The van der Waals surface area contributed by atoms with Crippen LogP contribution in [0.5, 0.6) is 0 Å². The molecule has 0 aliphatic rings. The fraction of sp³-hybridized carbons (Fsp3) is 0.312. The lowest BCUT2D eigenvalue weighted by Gasteiger charge is -2.20. The maximum atomic E-state index is 4.48. The first-order valence-electron chi connectivity index (χ1n) is 7.12. The van der Waals surface area contributed by atoms with Crippen LogP contribution in [0.4, 0.5) is 5.82 Å². The maximum absolute atomic E-state index is 4.48. The number of rotatable bonds is 4. The second-order valence-corrected chi connectivity index (χ2v) is 5.60. The molecule has 0 saturated carbocycles. The third-order valence-corrected chi connectivity index (χ3v) is 3.35. The van der Waals surface area contributed by atoms with Gasteiger partial charge in [0.05, 0.1) is 17.3 Å². The molecule has 0 unspecified atom stereocenters. The average Bonchev–Trinajstić information content (AvgIpc) is 2.91. The summed E-state index contributed by atoms with van der Waals surface area (Å²) in [7, 11) is 2.06. The van der Waals surface area contributed by atoms with Crippen molar-refractivity contribution in [2.45, 2.75) is 13.8 Å². The van der Waals surface area contributed by atoms with Crippen molar-refractivity contribution in [3.8, 4) is 5.69 Å². The molecule has 0 radical (unpaired) electrons. The Hall–Kier alpha value is -2.43. The van der Waals surface area contributed by atoms with Gasteiger partial charge in [0.2, 0.25) is 0 Å². The van der Waals surface area contributed by atoms with Crippen LogP contribution < -0.4 is 4.90 Å². The number of anilines is 1. The van der Waals surface area contributed by atoms with Gasteiger partial charge < -0.3 is 4.90 Å². The highest BCUT2D eigenvalue weighted by atomic mass is 15.3. The van der Waals surface area contributed by atoms with E-state index >= 15 is 0 Å². The van der Waals surface area contributed by atoms with Crippen molar-refractivity contribution in [2.24, 2.45) is 5.92 Å². The van der Waals surface area contributed by atoms with E-state index in [0.29, 0.717) is 5.92 Å². The lowest BCUT2D eigenvalue weighted by Crippen LogP contribution is -2.23. The molecule has 0 spiro atoms. The standard InChI is InChI=1S/C16H19N5/c1-12(2)10-20(3)15-14-9-19-21(16(14)18-11-17-15)13-7-5-4-6-8-13/h4-9,11-12H,10H2,1-3H3. The van der Waals surface area contributed by atoms with E-state index < -0.39 is 0 Å². The van der Waals surface area contributed by atoms with Crippen LogP contribution in [0.15, 0.2) is 42.9 Å². The van der Waals surface area contributed by atoms with Crippen LogP contribution in [0.2, 0.25) is 0 Å². The van der Waals surface area contributed by atoms with Crippen LogP contribution in [0.25, 0.3) is 16.7 Å². The van der Waals surface area contributed by atoms with E-state index in [9.17, 15) is 0 Å². The molecule has 0 aliphatic carbocycles. The van der Waals surface area contributed by atoms with Gasteiger partial charge in [-0.15, -0.1) is 0 Å². The minimum atomic E-state index is 0.573. The van der Waals surface area contributed by atoms with Gasteiger partial charge in [0.15, 0.2) is 5.65 Å². The topological polar surface area (TPSA) is 46.8 Å². The summed E-state index contributed by atoms with van der Waals surface area (Å²) >= 11 is 0. The molecule has 0 aliphatic heterocycles. The zero-order chi connectivity index (χ0) is 14.8. The van der Waals surface area contributed by atoms with E-state index in [1.807, 2.05) is 41.2 Å². The number of aromatic nitrogens is 4. The van der Waals surface area contributed by atoms with Crippen molar-refractivity contribution in [3.63, 3.8) is 0 Å². The molecule has 0 amide bonds. The Morgan fingerprint density at radius 1 is 1.14 bits per heavy atom. The number of hydrogen-bond acceptors (Lipinski definition) is 4. The van der Waals surface area contributed by atoms with E-state index in [-0.39, 0.29) is 0 Å². The highest BCUT2D eigenvalue weighted by Crippen LogP contribution is 2.24. The van der Waals surface area contributed by atoms with Crippen molar-refractivity contribution in [1.29, 1.82) is 0 Å². The molecule has 0 bridgehead atoms. The van der Waals surface area contributed by atoms with Crippen molar-refractivity contribution in [1.82, 2.24) is 19.7 Å². The summed E-state index contributed by atoms with van der Waals surface area (Å²) in [6, 6.07) is 10.0. The number of para-hydroxylation sites is 1. The van der Waals surface area contributed by atoms with E-state index in [4.69, 9.17) is 0 Å². The van der Waals surface area contributed by atoms with Crippen LogP contribution in [-0.2, 0) is 0 Å². The van der Waals surface area contributed by atoms with Gasteiger partial charge in [-0.2, -0.15) is 5.10 Å². The van der Waals surface area contributed by atoms with Crippen molar-refractivity contribution < 1.29 is 0 Å². The van der Waals surface area contributed by atoms with Gasteiger partial charge in [0.25, 0.3) is 0 Å². The second-order valence-electron chi connectivity index (χ2n) is 5.60. The molecule has 0 atom stereocenters. The number of nitrogens with zero attached hydrogens (tertiary/aromatic N) is 5. The van der Waals surface area contributed by atoms with Crippen LogP contribution in [-0.4, -0.2) is 33.3 Å². The minimum absolute atomic E-state index is 0.573. The van der Waals surface area contributed by atoms with Crippen LogP contribution in [0, 0.1) is 5.92 Å². The Bertz CT molecular complexity index is 733. The third-order valence-electron chi connectivity index (χ3n) is 3.35. The molecule has 2 aromatic heterocycles. The number of benzene rings is 1. The Kier molecular flexibility index (Phi) is 3.56. The van der Waals surface area contributed by atoms with Crippen molar-refractivity contribution in [2.75, 3.05) is 18.5 Å². The van der Waals surface area contributed by atoms with Gasteiger partial charge in [-0.25, -0.2) is 14.6 Å². The Morgan fingerprint density at radius 2 is 1.90 bits per heavy atom. The minimum Gasteiger partial charge on any atom is -0.359 e. The predicted octanol–water partition coefficient (Wildman–Crippen LogP) is 2.91. The van der Waals surface area contributed by atoms with Crippen molar-refractivity contribution >= 4 is 16.9 Å². The summed E-state index contributed by atoms with van der Waals surface area (Å²) in [5.41, 5.74) is 1.84. The molecular weight excluding hydrogens is 262 g/mol. The predicted molar refractivity (Wildman–Crippen MR) is 84.8 cm³/mol. The fourth-order valence-corrected chi connectivity index (χ4v) is 2.53. The first-order chi connectivity index (χ1) is 10.2. The molecule has 1 aromatic carbocycles. The van der Waals surface area contributed by atoms with Crippen LogP contribution >= 0.6 is 0 Å². The smallest absolute Gasteiger partial charge is 0.168 e. The van der Waals surface area contributed by atoms with Gasteiger partial charge in [-0.1, -0.05) is 32.0 Å². The summed E-state index contributed by atoms with van der Waals surface area (Å²) in [5.74, 6) is 1.50. The average molecular weight is 281 g/mol. The summed E-state index contributed by atoms with van der Waals surface area (Å²) in [6.07, 6.45) is 3.45. The van der Waals surface area contributed by atoms with Gasteiger partial charge in [0, 0.05) is 13.6 Å². The molecule has 0 saturated heterocycles. The molecule has 108 valence electrons. The molecule has 5 nitrogen and oxygen atoms in total. The van der Waals surface area contributed by atoms with E-state index in [1.165, 1.54) is 0 Å². The highest BCUT2D eigenvalue weighted by molar-refractivity contribution is 5.87. The lowest BCUT2D eigenvalue weighted by atomic mass is 10.2. The Morgan fingerprint density at radius 3 is 2.62 bits per heavy atom. The molecular formula is C16H19N5. The molecule has 21 heavy (non-hydrogen) atoms. The highest BCUT2D eigenvalue weighted by Gasteiger charge is 2.14. The Balaban J connectivity index is 2.08. The zero-order valence-corrected chi connectivity index (χ0v) is 12.6. The Labute approximate surface area is 124 Å². The van der Waals surface area contributed by atoms with Gasteiger partial charge >= 0.3 is 0 Å². The maximum Gasteiger partial charge on any atom is 0.168 e. The monoisotopic (exact) mass is 281 g/mol. The van der Waals surface area contributed by atoms with Gasteiger partial charge in [-0.05, 0) is 18.1 Å². The quantitative estimate of drug-likeness (QED) is 0.737. The molecule has 2 heterocycles. The van der Waals surface area contributed by atoms with Gasteiger partial charge in [-0.3, -0.25) is 0 Å². The van der Waals surface area contributed by atoms with Crippen LogP contribution in [0.3, 0.4) is 0 Å². The van der Waals surface area contributed by atoms with E-state index in [2.05, 4.69) is 40.9 Å². The van der Waals surface area contributed by atoms with E-state index in [1.54, 1.807) is 6.33 Å². The fourth-order valence-electron chi connectivity index (χ4n) is 2.53. The zero-order valence-electron chi connectivity index (χ0n) is 12.6. The lowest BCUT2D eigenvalue weighted by molar-refractivity contribution is 0.635. The second kappa shape index (κ2) is 5.52. The summed E-state index contributed by atoms with van der Waals surface area (Å²) < 4.78 is 1.85. The normalized spacial score (nSPS) is 11.2. The molecule has 3 rings (SSSR count). The largest absolute Gasteiger partial charge is 0.359 e. The first kappa shape index (κ1) is 13.5. The third kappa shape index (κ3) is 2.59. The van der Waals surface area contributed by atoms with Gasteiger partial charge in [0.1, 0.15) is 12.1 Å². The van der Waals surface area contributed by atoms with Crippen LogP contribution in [0.1, 0.15) is 13.8 Å². The molecule has 0 fully saturated rings.